The molecule has 0 radical (unpaired) electrons. The van der Waals surface area contributed by atoms with Gasteiger partial charge in [0.25, 0.3) is 0 Å². The number of unbranched alkanes of at least 4 members (excludes halogenated alkanes) is 21. The first kappa shape index (κ1) is 35.8. The highest BCUT2D eigenvalue weighted by Crippen LogP contribution is 2.17. The molecule has 0 fully saturated rings. The molecule has 0 aromatic rings. The van der Waals surface area contributed by atoms with E-state index in [1.54, 1.807) is 0 Å². The third kappa shape index (κ3) is 24.2. The van der Waals surface area contributed by atoms with Gasteiger partial charge in [0.2, 0.25) is 0 Å². The minimum atomic E-state index is -2.76. The summed E-state index contributed by atoms with van der Waals surface area (Å²) in [4.78, 5) is 0. The highest BCUT2D eigenvalue weighted by molar-refractivity contribution is 6.66. The van der Waals surface area contributed by atoms with Crippen LogP contribution in [0.3, 0.4) is 0 Å². The van der Waals surface area contributed by atoms with Gasteiger partial charge >= 0.3 is 8.80 Å². The van der Waals surface area contributed by atoms with Crippen molar-refractivity contribution in [2.75, 3.05) is 19.8 Å². The van der Waals surface area contributed by atoms with Crippen molar-refractivity contribution in [2.24, 2.45) is 0 Å². The Morgan fingerprint density at radius 3 is 0.833 bits per heavy atom. The van der Waals surface area contributed by atoms with Crippen molar-refractivity contribution in [1.29, 1.82) is 0 Å². The van der Waals surface area contributed by atoms with Crippen molar-refractivity contribution in [1.82, 2.24) is 0 Å². The fourth-order valence-corrected chi connectivity index (χ4v) is 6.54. The van der Waals surface area contributed by atoms with E-state index in [-0.39, 0.29) is 0 Å². The van der Waals surface area contributed by atoms with Gasteiger partial charge in [-0.05, 0) is 25.0 Å². The minimum Gasteiger partial charge on any atom is -0.370 e. The number of hydrogen-bond donors (Lipinski definition) is 0. The van der Waals surface area contributed by atoms with E-state index in [0.717, 1.165) is 39.1 Å². The molecule has 0 heterocycles. The second-order valence-electron chi connectivity index (χ2n) is 10.8. The van der Waals surface area contributed by atoms with Crippen LogP contribution in [0.2, 0.25) is 0 Å². The zero-order valence-corrected chi connectivity index (χ0v) is 26.1. The van der Waals surface area contributed by atoms with E-state index in [0.29, 0.717) is 0 Å². The van der Waals surface area contributed by atoms with Gasteiger partial charge in [0, 0.05) is 19.8 Å². The third-order valence-corrected chi connectivity index (χ3v) is 9.47. The zero-order valence-electron chi connectivity index (χ0n) is 25.1. The Balaban J connectivity index is 4.23. The molecule has 0 saturated heterocycles. The molecule has 0 bridgehead atoms. The Morgan fingerprint density at radius 1 is 0.389 bits per heavy atom. The lowest BCUT2D eigenvalue weighted by Crippen LogP contribution is -2.45. The molecule has 0 rings (SSSR count). The normalized spacial score (nSPS) is 11.9. The van der Waals surface area contributed by atoms with E-state index in [2.05, 4.69) is 27.4 Å². The van der Waals surface area contributed by atoms with Crippen LogP contribution in [0.15, 0.2) is 12.3 Å². The Hall–Kier alpha value is -0.163. The van der Waals surface area contributed by atoms with E-state index in [1.807, 2.05) is 5.70 Å². The molecule has 0 aliphatic heterocycles. The summed E-state index contributed by atoms with van der Waals surface area (Å²) in [6.45, 7) is 13.1. The van der Waals surface area contributed by atoms with Gasteiger partial charge < -0.3 is 13.3 Å². The van der Waals surface area contributed by atoms with Crippen molar-refractivity contribution in [3.8, 4) is 0 Å². The predicted molar refractivity (Wildman–Crippen MR) is 162 cm³/mol. The van der Waals surface area contributed by atoms with Gasteiger partial charge in [0.15, 0.2) is 0 Å². The summed E-state index contributed by atoms with van der Waals surface area (Å²) in [6.07, 6.45) is 31.4. The average Bonchev–Trinajstić information content (AvgIpc) is 2.89. The van der Waals surface area contributed by atoms with Gasteiger partial charge in [-0.1, -0.05) is 162 Å². The summed E-state index contributed by atoms with van der Waals surface area (Å²) in [5, 5.41) is 0. The lowest BCUT2D eigenvalue weighted by molar-refractivity contribution is 0.0673. The molecule has 36 heavy (non-hydrogen) atoms. The monoisotopic (exact) mass is 526 g/mol. The van der Waals surface area contributed by atoms with Crippen LogP contribution < -0.4 is 0 Å². The van der Waals surface area contributed by atoms with E-state index in [1.165, 1.54) is 135 Å². The minimum absolute atomic E-state index is 0.738. The second kappa shape index (κ2) is 29.4. The molecular formula is C32H66O3Si. The summed E-state index contributed by atoms with van der Waals surface area (Å²) in [7, 11) is -2.76. The van der Waals surface area contributed by atoms with Gasteiger partial charge in [0.1, 0.15) is 0 Å². The molecule has 216 valence electrons. The van der Waals surface area contributed by atoms with E-state index in [4.69, 9.17) is 13.3 Å². The Morgan fingerprint density at radius 2 is 0.611 bits per heavy atom. The molecule has 3 nitrogen and oxygen atoms in total. The maximum atomic E-state index is 6.34. The highest BCUT2D eigenvalue weighted by Gasteiger charge is 2.37. The SMILES string of the molecule is C=C[Si](OCCCCCCCCCC)(OCCCCCCCCCC)OCCCCCCCCCC. The topological polar surface area (TPSA) is 27.7 Å². The molecule has 0 aromatic heterocycles. The van der Waals surface area contributed by atoms with Crippen LogP contribution in [-0.4, -0.2) is 28.6 Å². The molecule has 0 spiro atoms. The van der Waals surface area contributed by atoms with E-state index >= 15 is 0 Å². The van der Waals surface area contributed by atoms with E-state index in [9.17, 15) is 0 Å². The van der Waals surface area contributed by atoms with Crippen LogP contribution in [0.5, 0.6) is 0 Å². The largest absolute Gasteiger partial charge is 0.529 e. The quantitative estimate of drug-likeness (QED) is 0.0664. The van der Waals surface area contributed by atoms with Crippen LogP contribution in [-0.2, 0) is 13.3 Å². The first-order valence-corrected chi connectivity index (χ1v) is 18.1. The van der Waals surface area contributed by atoms with Gasteiger partial charge in [0.05, 0.1) is 0 Å². The Bertz CT molecular complexity index is 375. The van der Waals surface area contributed by atoms with Crippen molar-refractivity contribution in [2.45, 2.75) is 175 Å². The van der Waals surface area contributed by atoms with Crippen molar-refractivity contribution in [3.63, 3.8) is 0 Å². The van der Waals surface area contributed by atoms with Crippen LogP contribution in [0.25, 0.3) is 0 Å². The van der Waals surface area contributed by atoms with Crippen LogP contribution >= 0.6 is 0 Å². The van der Waals surface area contributed by atoms with Crippen LogP contribution in [0.4, 0.5) is 0 Å². The summed E-state index contributed by atoms with van der Waals surface area (Å²) in [6, 6.07) is 0. The number of rotatable bonds is 31. The van der Waals surface area contributed by atoms with Crippen LogP contribution in [0.1, 0.15) is 175 Å². The van der Waals surface area contributed by atoms with Gasteiger partial charge in [-0.15, -0.1) is 0 Å². The molecule has 0 aromatic carbocycles. The third-order valence-electron chi connectivity index (χ3n) is 7.15. The van der Waals surface area contributed by atoms with Crippen molar-refractivity contribution in [3.05, 3.63) is 12.3 Å². The predicted octanol–water partition coefficient (Wildman–Crippen LogP) is 11.1. The number of hydrogen-bond acceptors (Lipinski definition) is 3. The maximum absolute atomic E-state index is 6.34. The summed E-state index contributed by atoms with van der Waals surface area (Å²) in [5.74, 6) is 0. The average molecular weight is 527 g/mol. The Kier molecular flexibility index (Phi) is 29.3. The summed E-state index contributed by atoms with van der Waals surface area (Å²) >= 11 is 0. The molecule has 4 heteroatoms. The highest BCUT2D eigenvalue weighted by atomic mass is 28.4. The fraction of sp³-hybridized carbons (Fsp3) is 0.938. The van der Waals surface area contributed by atoms with Gasteiger partial charge in [-0.2, -0.15) is 0 Å². The molecule has 0 aliphatic carbocycles. The molecular weight excluding hydrogens is 460 g/mol. The summed E-state index contributed by atoms with van der Waals surface area (Å²) < 4.78 is 19.0. The molecule has 0 N–H and O–H groups in total. The fourth-order valence-electron chi connectivity index (χ4n) is 4.65. The molecule has 0 atom stereocenters. The second-order valence-corrected chi connectivity index (χ2v) is 13.3. The first-order valence-electron chi connectivity index (χ1n) is 16.3. The van der Waals surface area contributed by atoms with Gasteiger partial charge in [-0.25, -0.2) is 0 Å². The maximum Gasteiger partial charge on any atom is 0.529 e. The lowest BCUT2D eigenvalue weighted by Gasteiger charge is -2.27. The van der Waals surface area contributed by atoms with Gasteiger partial charge in [-0.3, -0.25) is 0 Å². The smallest absolute Gasteiger partial charge is 0.370 e. The summed E-state index contributed by atoms with van der Waals surface area (Å²) in [5.41, 5.74) is 1.88. The molecule has 0 unspecified atom stereocenters. The molecule has 0 saturated carbocycles. The lowest BCUT2D eigenvalue weighted by atomic mass is 10.1. The van der Waals surface area contributed by atoms with Crippen LogP contribution in [0, 0.1) is 0 Å². The Labute approximate surface area is 228 Å². The molecule has 0 aliphatic rings. The zero-order chi connectivity index (χ0) is 26.4. The first-order chi connectivity index (χ1) is 17.7. The molecule has 0 amide bonds. The van der Waals surface area contributed by atoms with Crippen molar-refractivity contribution < 1.29 is 13.3 Å². The van der Waals surface area contributed by atoms with E-state index < -0.39 is 8.80 Å². The van der Waals surface area contributed by atoms with Crippen molar-refractivity contribution >= 4 is 8.80 Å². The standard InChI is InChI=1S/C32H66O3Si/c1-5-9-12-15-18-21-24-27-30-33-36(8-4,34-31-28-25-22-19-16-13-10-6-2)35-32-29-26-23-20-17-14-11-7-3/h8H,4-7,9-32H2,1-3H3.